The van der Waals surface area contributed by atoms with Crippen LogP contribution in [0.5, 0.6) is 0 Å². The van der Waals surface area contributed by atoms with E-state index in [4.69, 9.17) is 0 Å². The summed E-state index contributed by atoms with van der Waals surface area (Å²) >= 11 is 1.62. The van der Waals surface area contributed by atoms with Crippen molar-refractivity contribution in [3.63, 3.8) is 0 Å². The summed E-state index contributed by atoms with van der Waals surface area (Å²) in [5.74, 6) is 0.273. The van der Waals surface area contributed by atoms with Gasteiger partial charge in [0.15, 0.2) is 0 Å². The van der Waals surface area contributed by atoms with E-state index in [1.807, 2.05) is 40.4 Å². The topological polar surface area (TPSA) is 40.6 Å². The van der Waals surface area contributed by atoms with Crippen LogP contribution in [0.15, 0.2) is 35.7 Å². The molecule has 2 aliphatic heterocycles. The standard InChI is InChI=1S/C21H24N2O2S/c1-15-18(16-7-4-3-5-8-16)17(13-26-15)19(24)23-12-10-21(14-23)9-6-11-22(2)20(21)25/h3-5,7-8,13H,6,9-12,14H2,1-2H3/t21-/m1/s1. The van der Waals surface area contributed by atoms with Crippen LogP contribution in [0.25, 0.3) is 11.1 Å². The Morgan fingerprint density at radius 3 is 2.69 bits per heavy atom. The van der Waals surface area contributed by atoms with Gasteiger partial charge >= 0.3 is 0 Å². The zero-order valence-electron chi connectivity index (χ0n) is 15.3. The Morgan fingerprint density at radius 2 is 1.92 bits per heavy atom. The molecule has 3 heterocycles. The Labute approximate surface area is 158 Å². The summed E-state index contributed by atoms with van der Waals surface area (Å²) in [5.41, 5.74) is 2.53. The van der Waals surface area contributed by atoms with Gasteiger partial charge in [-0.1, -0.05) is 30.3 Å². The summed E-state index contributed by atoms with van der Waals surface area (Å²) in [6, 6.07) is 10.1. The minimum atomic E-state index is -0.360. The van der Waals surface area contributed by atoms with Crippen molar-refractivity contribution in [2.75, 3.05) is 26.7 Å². The van der Waals surface area contributed by atoms with E-state index < -0.39 is 0 Å². The van der Waals surface area contributed by atoms with Crippen LogP contribution in [-0.4, -0.2) is 48.3 Å². The van der Waals surface area contributed by atoms with Gasteiger partial charge in [0, 0.05) is 42.5 Å². The quantitative estimate of drug-likeness (QED) is 0.809. The number of nitrogens with zero attached hydrogens (tertiary/aromatic N) is 2. The van der Waals surface area contributed by atoms with E-state index in [-0.39, 0.29) is 17.2 Å². The largest absolute Gasteiger partial charge is 0.345 e. The molecule has 2 fully saturated rings. The van der Waals surface area contributed by atoms with Crippen LogP contribution in [-0.2, 0) is 4.79 Å². The van der Waals surface area contributed by atoms with Crippen molar-refractivity contribution in [3.05, 3.63) is 46.2 Å². The van der Waals surface area contributed by atoms with E-state index in [0.29, 0.717) is 13.1 Å². The predicted octanol–water partition coefficient (Wildman–Crippen LogP) is 3.81. The number of likely N-dealkylation sites (tertiary alicyclic amines) is 2. The Hall–Kier alpha value is -2.14. The number of carbonyl (C=O) groups is 2. The molecule has 1 atom stereocenters. The van der Waals surface area contributed by atoms with Crippen LogP contribution in [0.3, 0.4) is 0 Å². The molecule has 26 heavy (non-hydrogen) atoms. The maximum atomic E-state index is 13.3. The van der Waals surface area contributed by atoms with Gasteiger partial charge in [-0.15, -0.1) is 11.3 Å². The SMILES string of the molecule is Cc1scc(C(=O)N2CC[C@]3(CCCN(C)C3=O)C2)c1-c1ccccc1. The van der Waals surface area contributed by atoms with Crippen LogP contribution in [0.4, 0.5) is 0 Å². The lowest BCUT2D eigenvalue weighted by Gasteiger charge is -2.37. The van der Waals surface area contributed by atoms with E-state index in [9.17, 15) is 9.59 Å². The Balaban J connectivity index is 1.61. The highest BCUT2D eigenvalue weighted by molar-refractivity contribution is 7.10. The summed E-state index contributed by atoms with van der Waals surface area (Å²) in [6.45, 7) is 4.12. The summed E-state index contributed by atoms with van der Waals surface area (Å²) in [4.78, 5) is 30.9. The van der Waals surface area contributed by atoms with Crippen LogP contribution in [0.1, 0.15) is 34.5 Å². The first kappa shape index (κ1) is 17.3. The Bertz CT molecular complexity index is 845. The van der Waals surface area contributed by atoms with Gasteiger partial charge in [-0.2, -0.15) is 0 Å². The Kier molecular flexibility index (Phi) is 4.35. The molecule has 1 spiro atoms. The number of benzene rings is 1. The molecule has 2 amide bonds. The molecule has 0 radical (unpaired) electrons. The lowest BCUT2D eigenvalue weighted by atomic mass is 9.78. The average Bonchev–Trinajstić information content (AvgIpc) is 3.25. The maximum Gasteiger partial charge on any atom is 0.255 e. The zero-order chi connectivity index (χ0) is 18.3. The first-order chi connectivity index (χ1) is 12.5. The van der Waals surface area contributed by atoms with Crippen molar-refractivity contribution in [3.8, 4) is 11.1 Å². The molecule has 0 bridgehead atoms. The predicted molar refractivity (Wildman–Crippen MR) is 104 cm³/mol. The van der Waals surface area contributed by atoms with Gasteiger partial charge < -0.3 is 9.80 Å². The second-order valence-electron chi connectivity index (χ2n) is 7.53. The number of hydrogen-bond acceptors (Lipinski definition) is 3. The molecule has 5 heteroatoms. The molecule has 0 saturated carbocycles. The molecule has 2 aromatic rings. The smallest absolute Gasteiger partial charge is 0.255 e. The third-order valence-electron chi connectivity index (χ3n) is 5.86. The molecular weight excluding hydrogens is 344 g/mol. The van der Waals surface area contributed by atoms with Crippen LogP contribution in [0.2, 0.25) is 0 Å². The highest BCUT2D eigenvalue weighted by Crippen LogP contribution is 2.41. The van der Waals surface area contributed by atoms with E-state index in [1.54, 1.807) is 11.3 Å². The van der Waals surface area contributed by atoms with Gasteiger partial charge in [0.1, 0.15) is 0 Å². The zero-order valence-corrected chi connectivity index (χ0v) is 16.1. The third kappa shape index (κ3) is 2.75. The van der Waals surface area contributed by atoms with E-state index in [2.05, 4.69) is 19.1 Å². The van der Waals surface area contributed by atoms with E-state index >= 15 is 0 Å². The molecule has 0 N–H and O–H groups in total. The fraction of sp³-hybridized carbons (Fsp3) is 0.429. The second-order valence-corrected chi connectivity index (χ2v) is 8.62. The molecular formula is C21H24N2O2S. The summed E-state index contributed by atoms with van der Waals surface area (Å²) in [6.07, 6.45) is 2.71. The molecule has 4 rings (SSSR count). The number of amides is 2. The van der Waals surface area contributed by atoms with Crippen molar-refractivity contribution in [1.82, 2.24) is 9.80 Å². The normalized spacial score (nSPS) is 23.1. The van der Waals surface area contributed by atoms with Crippen molar-refractivity contribution < 1.29 is 9.59 Å². The van der Waals surface area contributed by atoms with E-state index in [0.717, 1.165) is 47.4 Å². The van der Waals surface area contributed by atoms with Crippen molar-refractivity contribution >= 4 is 23.2 Å². The number of aryl methyl sites for hydroxylation is 1. The summed E-state index contributed by atoms with van der Waals surface area (Å²) in [5, 5.41) is 1.97. The molecule has 0 unspecified atom stereocenters. The van der Waals surface area contributed by atoms with Crippen molar-refractivity contribution in [2.24, 2.45) is 5.41 Å². The van der Waals surface area contributed by atoms with Gasteiger partial charge in [0.2, 0.25) is 5.91 Å². The van der Waals surface area contributed by atoms with Crippen LogP contribution < -0.4 is 0 Å². The first-order valence-corrected chi connectivity index (χ1v) is 10.1. The van der Waals surface area contributed by atoms with Gasteiger partial charge in [0.05, 0.1) is 11.0 Å². The molecule has 0 aliphatic carbocycles. The fourth-order valence-electron chi connectivity index (χ4n) is 4.44. The highest BCUT2D eigenvalue weighted by atomic mass is 32.1. The molecule has 2 saturated heterocycles. The number of rotatable bonds is 2. The van der Waals surface area contributed by atoms with Crippen LogP contribution in [0, 0.1) is 12.3 Å². The molecule has 1 aromatic heterocycles. The maximum absolute atomic E-state index is 13.3. The second kappa shape index (κ2) is 6.54. The fourth-order valence-corrected chi connectivity index (χ4v) is 5.30. The summed E-state index contributed by atoms with van der Waals surface area (Å²) < 4.78 is 0. The Morgan fingerprint density at radius 1 is 1.15 bits per heavy atom. The number of piperidine rings is 1. The molecule has 4 nitrogen and oxygen atoms in total. The van der Waals surface area contributed by atoms with Gasteiger partial charge in [-0.05, 0) is 31.7 Å². The van der Waals surface area contributed by atoms with Gasteiger partial charge in [0.25, 0.3) is 5.91 Å². The van der Waals surface area contributed by atoms with Gasteiger partial charge in [-0.3, -0.25) is 9.59 Å². The van der Waals surface area contributed by atoms with E-state index in [1.165, 1.54) is 0 Å². The lowest BCUT2D eigenvalue weighted by molar-refractivity contribution is -0.143. The number of thiophene rings is 1. The van der Waals surface area contributed by atoms with Crippen molar-refractivity contribution in [1.29, 1.82) is 0 Å². The minimum Gasteiger partial charge on any atom is -0.345 e. The summed E-state index contributed by atoms with van der Waals surface area (Å²) in [7, 11) is 1.88. The average molecular weight is 369 g/mol. The van der Waals surface area contributed by atoms with Crippen LogP contribution >= 0.6 is 11.3 Å². The lowest BCUT2D eigenvalue weighted by Crippen LogP contribution is -2.48. The molecule has 2 aliphatic rings. The first-order valence-electron chi connectivity index (χ1n) is 9.20. The monoisotopic (exact) mass is 368 g/mol. The number of hydrogen-bond donors (Lipinski definition) is 0. The molecule has 136 valence electrons. The minimum absolute atomic E-state index is 0.0612. The van der Waals surface area contributed by atoms with Gasteiger partial charge in [-0.25, -0.2) is 0 Å². The third-order valence-corrected chi connectivity index (χ3v) is 6.77. The van der Waals surface area contributed by atoms with Crippen molar-refractivity contribution in [2.45, 2.75) is 26.2 Å². The highest BCUT2D eigenvalue weighted by Gasteiger charge is 2.48. The molecule has 1 aromatic carbocycles. The number of carbonyl (C=O) groups excluding carboxylic acids is 2.